The fraction of sp³-hybridized carbons (Fsp3) is 0.471. The van der Waals surface area contributed by atoms with Gasteiger partial charge < -0.3 is 10.2 Å². The predicted octanol–water partition coefficient (Wildman–Crippen LogP) is 1.59. The quantitative estimate of drug-likeness (QED) is 0.901. The topological polar surface area (TPSA) is 88.1 Å². The predicted molar refractivity (Wildman–Crippen MR) is 92.9 cm³/mol. The van der Waals surface area contributed by atoms with E-state index in [1.165, 1.54) is 11.3 Å². The fourth-order valence-corrected chi connectivity index (χ4v) is 4.52. The maximum atomic E-state index is 12.8. The molecule has 3 heterocycles. The molecule has 3 atom stereocenters. The highest BCUT2D eigenvalue weighted by Gasteiger charge is 2.41. The highest BCUT2D eigenvalue weighted by atomic mass is 32.1. The van der Waals surface area contributed by atoms with Crippen LogP contribution in [0, 0.1) is 11.8 Å². The van der Waals surface area contributed by atoms with Gasteiger partial charge >= 0.3 is 0 Å². The second-order valence-electron chi connectivity index (χ2n) is 6.68. The molecule has 130 valence electrons. The average Bonchev–Trinajstić information content (AvgIpc) is 3.28. The number of hydrogen-bond acceptors (Lipinski definition) is 6. The third-order valence-electron chi connectivity index (χ3n) is 5.17. The number of nitrogens with one attached hydrogen (secondary N) is 1. The minimum Gasteiger partial charge on any atom is -0.356 e. The number of thiazole rings is 1. The van der Waals surface area contributed by atoms with Crippen molar-refractivity contribution in [3.63, 3.8) is 0 Å². The molecule has 2 amide bonds. The van der Waals surface area contributed by atoms with E-state index in [2.05, 4.69) is 20.3 Å². The summed E-state index contributed by atoms with van der Waals surface area (Å²) in [5.74, 6) is 1.44. The van der Waals surface area contributed by atoms with E-state index in [0.717, 1.165) is 19.4 Å². The Bertz CT molecular complexity index is 793. The van der Waals surface area contributed by atoms with Gasteiger partial charge in [0.25, 0.3) is 5.91 Å². The molecule has 1 N–H and O–H groups in total. The molecular weight excluding hydrogens is 338 g/mol. The van der Waals surface area contributed by atoms with Crippen molar-refractivity contribution in [3.05, 3.63) is 29.5 Å². The zero-order chi connectivity index (χ0) is 17.4. The third kappa shape index (κ3) is 3.13. The summed E-state index contributed by atoms with van der Waals surface area (Å²) in [6.45, 7) is 0.730. The Balaban J connectivity index is 1.46. The highest BCUT2D eigenvalue weighted by molar-refractivity contribution is 7.13. The largest absolute Gasteiger partial charge is 0.356 e. The van der Waals surface area contributed by atoms with E-state index in [-0.39, 0.29) is 17.9 Å². The van der Waals surface area contributed by atoms with Crippen LogP contribution in [0.25, 0.3) is 10.8 Å². The van der Waals surface area contributed by atoms with Gasteiger partial charge in [0.15, 0.2) is 10.8 Å². The van der Waals surface area contributed by atoms with E-state index in [0.29, 0.717) is 34.8 Å². The van der Waals surface area contributed by atoms with Gasteiger partial charge in [0.05, 0.1) is 0 Å². The molecule has 2 fully saturated rings. The first-order chi connectivity index (χ1) is 12.1. The molecule has 0 unspecified atom stereocenters. The zero-order valence-electron chi connectivity index (χ0n) is 13.9. The summed E-state index contributed by atoms with van der Waals surface area (Å²) < 4.78 is 0. The van der Waals surface area contributed by atoms with Crippen LogP contribution in [0.15, 0.2) is 23.8 Å². The number of amides is 2. The summed E-state index contributed by atoms with van der Waals surface area (Å²) in [5, 5.41) is 5.34. The van der Waals surface area contributed by atoms with Crippen LogP contribution in [0.2, 0.25) is 0 Å². The van der Waals surface area contributed by atoms with Gasteiger partial charge in [-0.15, -0.1) is 11.3 Å². The van der Waals surface area contributed by atoms with E-state index < -0.39 is 0 Å². The minimum absolute atomic E-state index is 0.0821. The Morgan fingerprint density at radius 3 is 2.84 bits per heavy atom. The summed E-state index contributed by atoms with van der Waals surface area (Å²) >= 11 is 1.37. The number of hydrogen-bond donors (Lipinski definition) is 1. The van der Waals surface area contributed by atoms with Gasteiger partial charge in [0, 0.05) is 43.8 Å². The molecule has 25 heavy (non-hydrogen) atoms. The normalized spacial score (nSPS) is 25.3. The fourth-order valence-electron chi connectivity index (χ4n) is 3.78. The van der Waals surface area contributed by atoms with Gasteiger partial charge in [0.1, 0.15) is 5.69 Å². The molecule has 2 aliphatic rings. The number of rotatable bonds is 3. The maximum Gasteiger partial charge on any atom is 0.273 e. The Labute approximate surface area is 149 Å². The molecule has 0 aromatic carbocycles. The van der Waals surface area contributed by atoms with Crippen molar-refractivity contribution in [1.82, 2.24) is 25.2 Å². The summed E-state index contributed by atoms with van der Waals surface area (Å²) in [5.41, 5.74) is 0.430. The first kappa shape index (κ1) is 16.1. The van der Waals surface area contributed by atoms with Gasteiger partial charge in [0.2, 0.25) is 5.91 Å². The number of piperidine rings is 1. The lowest BCUT2D eigenvalue weighted by Gasteiger charge is -2.24. The van der Waals surface area contributed by atoms with E-state index in [9.17, 15) is 9.59 Å². The van der Waals surface area contributed by atoms with Gasteiger partial charge in [-0.3, -0.25) is 9.59 Å². The van der Waals surface area contributed by atoms with Gasteiger partial charge in [-0.25, -0.2) is 15.0 Å². The molecular formula is C17H19N5O2S. The first-order valence-corrected chi connectivity index (χ1v) is 9.26. The number of nitrogens with zero attached hydrogens (tertiary/aromatic N) is 4. The maximum absolute atomic E-state index is 12.8. The van der Waals surface area contributed by atoms with Crippen LogP contribution in [-0.2, 0) is 4.79 Å². The summed E-state index contributed by atoms with van der Waals surface area (Å²) in [4.78, 5) is 38.9. The summed E-state index contributed by atoms with van der Waals surface area (Å²) in [6.07, 6.45) is 5.72. The lowest BCUT2D eigenvalue weighted by molar-refractivity contribution is -0.124. The van der Waals surface area contributed by atoms with Crippen molar-refractivity contribution in [1.29, 1.82) is 0 Å². The summed E-state index contributed by atoms with van der Waals surface area (Å²) in [6, 6.07) is 1.91. The molecule has 1 aliphatic carbocycles. The number of carbonyl (C=O) groups is 2. The molecule has 7 nitrogen and oxygen atoms in total. The van der Waals surface area contributed by atoms with E-state index in [1.807, 2.05) is 7.05 Å². The van der Waals surface area contributed by atoms with Crippen LogP contribution in [0.1, 0.15) is 29.8 Å². The molecule has 4 rings (SSSR count). The van der Waals surface area contributed by atoms with Gasteiger partial charge in [-0.1, -0.05) is 0 Å². The molecule has 1 saturated carbocycles. The molecule has 8 heteroatoms. The molecule has 2 aromatic heterocycles. The number of fused-ring (bicyclic) bond motifs is 1. The van der Waals surface area contributed by atoms with Crippen LogP contribution >= 0.6 is 11.3 Å². The minimum atomic E-state index is -0.0821. The molecule has 2 aromatic rings. The smallest absolute Gasteiger partial charge is 0.273 e. The Morgan fingerprint density at radius 2 is 2.04 bits per heavy atom. The Hall–Kier alpha value is -2.35. The van der Waals surface area contributed by atoms with Crippen molar-refractivity contribution >= 4 is 23.2 Å². The monoisotopic (exact) mass is 357 g/mol. The molecule has 0 spiro atoms. The lowest BCUT2D eigenvalue weighted by atomic mass is 9.89. The zero-order valence-corrected chi connectivity index (χ0v) is 14.7. The third-order valence-corrected chi connectivity index (χ3v) is 6.01. The Morgan fingerprint density at radius 1 is 1.28 bits per heavy atom. The average molecular weight is 357 g/mol. The number of carbonyl (C=O) groups excluding carboxylic acids is 2. The van der Waals surface area contributed by atoms with Crippen LogP contribution < -0.4 is 5.32 Å². The second kappa shape index (κ2) is 6.51. The van der Waals surface area contributed by atoms with Crippen molar-refractivity contribution < 1.29 is 9.59 Å². The van der Waals surface area contributed by atoms with Crippen molar-refractivity contribution in [2.24, 2.45) is 11.8 Å². The van der Waals surface area contributed by atoms with Gasteiger partial charge in [-0.05, 0) is 30.7 Å². The standard InChI is InChI=1S/C17H19N5O2S/c1-22(12-5-10-7-14(23)20-8-11(10)6-12)17(24)13-9-25-16(21-13)15-18-3-2-4-19-15/h2-4,9-12H,5-8H2,1H3,(H,20,23)/t10-,11+,12-/m1/s1. The molecule has 0 radical (unpaired) electrons. The lowest BCUT2D eigenvalue weighted by Crippen LogP contribution is -2.38. The van der Waals surface area contributed by atoms with E-state index >= 15 is 0 Å². The summed E-state index contributed by atoms with van der Waals surface area (Å²) in [7, 11) is 1.83. The van der Waals surface area contributed by atoms with Crippen LogP contribution in [0.5, 0.6) is 0 Å². The van der Waals surface area contributed by atoms with Gasteiger partial charge in [-0.2, -0.15) is 0 Å². The number of aromatic nitrogens is 3. The van der Waals surface area contributed by atoms with E-state index in [1.54, 1.807) is 28.7 Å². The van der Waals surface area contributed by atoms with Crippen LogP contribution in [0.4, 0.5) is 0 Å². The SMILES string of the molecule is CN(C(=O)c1csc(-c2ncccn2)n1)[C@H]1C[C@H]2CNC(=O)C[C@H]2C1. The Kier molecular flexibility index (Phi) is 4.20. The molecule has 1 saturated heterocycles. The first-order valence-electron chi connectivity index (χ1n) is 8.38. The second-order valence-corrected chi connectivity index (χ2v) is 7.54. The van der Waals surface area contributed by atoms with Crippen LogP contribution in [0.3, 0.4) is 0 Å². The van der Waals surface area contributed by atoms with Crippen LogP contribution in [-0.4, -0.2) is 51.3 Å². The molecule has 1 aliphatic heterocycles. The van der Waals surface area contributed by atoms with Crippen molar-refractivity contribution in [2.75, 3.05) is 13.6 Å². The highest BCUT2D eigenvalue weighted by Crippen LogP contribution is 2.38. The van der Waals surface area contributed by atoms with E-state index in [4.69, 9.17) is 0 Å². The molecule has 0 bridgehead atoms. The van der Waals surface area contributed by atoms with Crippen molar-refractivity contribution in [2.45, 2.75) is 25.3 Å². The van der Waals surface area contributed by atoms with Crippen molar-refractivity contribution in [3.8, 4) is 10.8 Å².